The van der Waals surface area contributed by atoms with Gasteiger partial charge in [0.25, 0.3) is 0 Å². The smallest absolute Gasteiger partial charge is 0.240 e. The highest BCUT2D eigenvalue weighted by Crippen LogP contribution is 2.38. The molecule has 5 atom stereocenters. The number of aliphatic hydroxyl groups excluding tert-OH is 2. The molecular weight excluding hydrogens is 295 g/mol. The van der Waals surface area contributed by atoms with Crippen LogP contribution in [-0.4, -0.2) is 76.0 Å². The molecule has 3 aliphatic rings. The second kappa shape index (κ2) is 5.00. The number of hydrogen-bond acceptors (Lipinski definition) is 9. The molecule has 0 aliphatic carbocycles. The van der Waals surface area contributed by atoms with Gasteiger partial charge in [-0.25, -0.2) is 9.40 Å². The van der Waals surface area contributed by atoms with Gasteiger partial charge in [-0.2, -0.15) is 4.99 Å². The summed E-state index contributed by atoms with van der Waals surface area (Å²) in [5.41, 5.74) is 9.71. The van der Waals surface area contributed by atoms with E-state index in [9.17, 15) is 14.6 Å². The molecule has 1 unspecified atom stereocenters. The Bertz CT molecular complexity index is 593. The van der Waals surface area contributed by atoms with Gasteiger partial charge in [-0.15, -0.1) is 11.7 Å². The lowest BCUT2D eigenvalue weighted by Gasteiger charge is -2.30. The largest absolute Gasteiger partial charge is 0.393 e. The Hall–Kier alpha value is -2.04. The van der Waals surface area contributed by atoms with Crippen LogP contribution in [0.15, 0.2) is 27.7 Å². The van der Waals surface area contributed by atoms with E-state index in [1.54, 1.807) is 0 Å². The highest BCUT2D eigenvalue weighted by atomic mass is 19.1. The zero-order valence-electron chi connectivity index (χ0n) is 11.6. The van der Waals surface area contributed by atoms with Gasteiger partial charge >= 0.3 is 0 Å². The lowest BCUT2D eigenvalue weighted by molar-refractivity contribution is -0.0890. The van der Waals surface area contributed by atoms with Gasteiger partial charge in [-0.3, -0.25) is 4.99 Å². The molecule has 3 rings (SSSR count). The number of aliphatic imine (C=N–C) groups is 2. The predicted octanol–water partition coefficient (Wildman–Crippen LogP) is -2.32. The van der Waals surface area contributed by atoms with Crippen molar-refractivity contribution in [2.75, 3.05) is 13.2 Å². The third-order valence-corrected chi connectivity index (χ3v) is 4.08. The molecule has 0 spiro atoms. The van der Waals surface area contributed by atoms with Crippen LogP contribution in [0.4, 0.5) is 4.39 Å². The molecule has 10 heteroatoms. The molecule has 9 nitrogen and oxygen atoms in total. The molecule has 120 valence electrons. The maximum Gasteiger partial charge on any atom is 0.240 e. The molecule has 1 fully saturated rings. The lowest BCUT2D eigenvalue weighted by atomic mass is 9.95. The molecule has 3 heterocycles. The van der Waals surface area contributed by atoms with Crippen molar-refractivity contribution in [1.29, 1.82) is 0 Å². The number of hydrogen-bond donors (Lipinski definition) is 4. The zero-order chi connectivity index (χ0) is 16.1. The van der Waals surface area contributed by atoms with Gasteiger partial charge in [0, 0.05) is 0 Å². The van der Waals surface area contributed by atoms with Crippen LogP contribution in [0, 0.1) is 0 Å². The fourth-order valence-corrected chi connectivity index (χ4v) is 2.85. The second-order valence-electron chi connectivity index (χ2n) is 5.32. The second-order valence-corrected chi connectivity index (χ2v) is 5.32. The van der Waals surface area contributed by atoms with Gasteiger partial charge in [0.05, 0.1) is 13.2 Å². The molecule has 0 aromatic carbocycles. The molecule has 0 aromatic heterocycles. The van der Waals surface area contributed by atoms with E-state index in [0.29, 0.717) is 0 Å². The number of alkyl halides is 1. The van der Waals surface area contributed by atoms with Crippen molar-refractivity contribution in [3.63, 3.8) is 0 Å². The van der Waals surface area contributed by atoms with E-state index in [-0.39, 0.29) is 24.2 Å². The molecule has 3 aliphatic heterocycles. The van der Waals surface area contributed by atoms with Crippen molar-refractivity contribution in [3.8, 4) is 0 Å². The number of amidine groups is 2. The number of guanidine groups is 1. The monoisotopic (exact) mass is 312 g/mol. The van der Waals surface area contributed by atoms with Crippen molar-refractivity contribution in [1.82, 2.24) is 5.01 Å². The summed E-state index contributed by atoms with van der Waals surface area (Å²) < 4.78 is 20.1. The summed E-state index contributed by atoms with van der Waals surface area (Å²) in [6.45, 7) is 3.05. The topological polar surface area (TPSA) is 142 Å². The Labute approximate surface area is 125 Å². The van der Waals surface area contributed by atoms with Crippen LogP contribution in [0.2, 0.25) is 0 Å². The van der Waals surface area contributed by atoms with E-state index in [2.05, 4.69) is 21.7 Å². The summed E-state index contributed by atoms with van der Waals surface area (Å²) in [5, 5.41) is 24.8. The van der Waals surface area contributed by atoms with E-state index >= 15 is 0 Å². The maximum absolute atomic E-state index is 14.5. The first-order valence-corrected chi connectivity index (χ1v) is 6.70. The van der Waals surface area contributed by atoms with Crippen LogP contribution in [0.5, 0.6) is 0 Å². The molecule has 1 saturated heterocycles. The van der Waals surface area contributed by atoms with Crippen LogP contribution < -0.4 is 11.5 Å². The summed E-state index contributed by atoms with van der Waals surface area (Å²) in [7, 11) is 0. The van der Waals surface area contributed by atoms with Gasteiger partial charge in [0.2, 0.25) is 5.96 Å². The average Bonchev–Trinajstić information content (AvgIpc) is 3.01. The Morgan fingerprint density at radius 3 is 2.86 bits per heavy atom. The normalized spacial score (nSPS) is 40.9. The fourth-order valence-electron chi connectivity index (χ4n) is 2.85. The summed E-state index contributed by atoms with van der Waals surface area (Å²) in [6, 6.07) is -0.652. The molecule has 0 aromatic rings. The first-order valence-electron chi connectivity index (χ1n) is 6.70. The number of hydrazone groups is 1. The van der Waals surface area contributed by atoms with E-state index in [1.807, 2.05) is 0 Å². The number of aliphatic hydroxyl groups is 2. The molecule has 6 N–H and O–H groups in total. The van der Waals surface area contributed by atoms with E-state index in [0.717, 1.165) is 0 Å². The third-order valence-electron chi connectivity index (χ3n) is 4.08. The minimum atomic E-state index is -1.75. The number of nitrogens with zero attached hydrogens (tertiary/aromatic N) is 4. The van der Waals surface area contributed by atoms with Crippen LogP contribution in [-0.2, 0) is 4.74 Å². The van der Waals surface area contributed by atoms with Gasteiger partial charge < -0.3 is 26.4 Å². The Morgan fingerprint density at radius 2 is 2.27 bits per heavy atom. The van der Waals surface area contributed by atoms with Crippen molar-refractivity contribution in [3.05, 3.63) is 12.7 Å². The molecule has 0 bridgehead atoms. The maximum atomic E-state index is 14.5. The first kappa shape index (κ1) is 14.9. The minimum Gasteiger partial charge on any atom is -0.393 e. The van der Waals surface area contributed by atoms with Crippen molar-refractivity contribution in [2.45, 2.75) is 30.0 Å². The highest BCUT2D eigenvalue weighted by molar-refractivity contribution is 6.42. The number of rotatable bonds is 3. The summed E-state index contributed by atoms with van der Waals surface area (Å²) in [4.78, 5) is 7.96. The minimum absolute atomic E-state index is 0.0746. The molecule has 0 radical (unpaired) electrons. The van der Waals surface area contributed by atoms with Crippen LogP contribution >= 0.6 is 0 Å². The molecule has 22 heavy (non-hydrogen) atoms. The van der Waals surface area contributed by atoms with Gasteiger partial charge in [0.1, 0.15) is 23.9 Å². The summed E-state index contributed by atoms with van der Waals surface area (Å²) in [5.74, 6) is 0.292. The molecule has 0 amide bonds. The van der Waals surface area contributed by atoms with Crippen LogP contribution in [0.25, 0.3) is 0 Å². The van der Waals surface area contributed by atoms with Crippen molar-refractivity contribution in [2.24, 2.45) is 26.6 Å². The first-order chi connectivity index (χ1) is 10.4. The van der Waals surface area contributed by atoms with Crippen LogP contribution in [0.3, 0.4) is 0 Å². The number of nitrogens with two attached hydrogens (primary N) is 2. The van der Waals surface area contributed by atoms with Gasteiger partial charge in [-0.05, 0) is 0 Å². The van der Waals surface area contributed by atoms with E-state index in [1.165, 1.54) is 11.1 Å². The number of halogens is 1. The average molecular weight is 312 g/mol. The fraction of sp³-hybridized carbons (Fsp3) is 0.583. The van der Waals surface area contributed by atoms with Crippen molar-refractivity contribution < 1.29 is 19.3 Å². The van der Waals surface area contributed by atoms with E-state index < -0.39 is 36.6 Å². The third kappa shape index (κ3) is 1.91. The quantitative estimate of drug-likeness (QED) is 0.431. The highest BCUT2D eigenvalue weighted by Gasteiger charge is 2.57. The number of ether oxygens (including phenoxy) is 1. The Balaban J connectivity index is 1.88. The number of fused-ring (bicyclic) bond motifs is 1. The Kier molecular flexibility index (Phi) is 3.38. The predicted molar refractivity (Wildman–Crippen MR) is 77.0 cm³/mol. The summed E-state index contributed by atoms with van der Waals surface area (Å²) in [6.07, 6.45) is -3.17. The summed E-state index contributed by atoms with van der Waals surface area (Å²) >= 11 is 0. The van der Waals surface area contributed by atoms with E-state index in [4.69, 9.17) is 16.2 Å². The zero-order valence-corrected chi connectivity index (χ0v) is 11.6. The van der Waals surface area contributed by atoms with Gasteiger partial charge in [-0.1, -0.05) is 6.08 Å². The molecule has 0 saturated carbocycles. The lowest BCUT2D eigenvalue weighted by Crippen LogP contribution is -2.51. The van der Waals surface area contributed by atoms with Crippen LogP contribution in [0.1, 0.15) is 0 Å². The standard InChI is InChI=1S/C12H17FN6O3/c1-2-12(4-20)8(21)6(13)7(22-12)5-3-16-10-9(14)17-11(15)18-19(5)10/h2,5-8,20-21H,1,3-4H2,(H4,14,15,17,18)/t5?,6-,7-,8-,12+/m0/s1. The molecular formula is C12H17FN6O3. The Morgan fingerprint density at radius 1 is 1.55 bits per heavy atom. The SMILES string of the molecule is C=C[C@]1(CO)O[C@@H](C2CN=C3C(N)=NC(N)=NN32)[C@H](F)[C@@H]1O. The van der Waals surface area contributed by atoms with Gasteiger partial charge in [0.15, 0.2) is 17.8 Å². The van der Waals surface area contributed by atoms with Crippen molar-refractivity contribution >= 4 is 17.6 Å².